The van der Waals surface area contributed by atoms with Gasteiger partial charge in [-0.3, -0.25) is 59.9 Å². The third-order valence-corrected chi connectivity index (χ3v) is 33.7. The second-order valence-corrected chi connectivity index (χ2v) is 35.3. The lowest BCUT2D eigenvalue weighted by atomic mass is 10.0. The molecule has 0 amide bonds. The smallest absolute Gasteiger partial charge is 0.116 e. The molecule has 0 aromatic rings. The zero-order valence-corrected chi connectivity index (χ0v) is 52.5. The molecule has 384 valence electrons. The Morgan fingerprint density at radius 2 is 0.236 bits per heavy atom. The van der Waals surface area contributed by atoms with Gasteiger partial charge in [0, 0.05) is 69.0 Å². The van der Waals surface area contributed by atoms with Crippen LogP contribution in [-0.2, 0) is 0 Å². The van der Waals surface area contributed by atoms with Crippen molar-refractivity contribution in [2.75, 3.05) is 69.0 Å². The Hall–Kier alpha value is 0.240. The minimum Gasteiger partial charge on any atom is -0.266 e. The Morgan fingerprint density at radius 3 is 0.306 bits per heavy atom. The first kappa shape index (κ1) is 51.7. The molecule has 0 aliphatic carbocycles. The molecule has 0 saturated heterocycles. The van der Waals surface area contributed by atoms with Gasteiger partial charge in [-0.25, -0.2) is 0 Å². The van der Waals surface area contributed by atoms with Gasteiger partial charge < -0.3 is 0 Å². The monoisotopic (exact) mass is 1190 g/mol. The van der Waals surface area contributed by atoms with E-state index in [9.17, 15) is 0 Å². The molecule has 0 aromatic heterocycles. The summed E-state index contributed by atoms with van der Waals surface area (Å²) in [5, 5.41) is 13.4. The molecule has 0 saturated carbocycles. The van der Waals surface area contributed by atoms with E-state index in [4.69, 9.17) is 59.9 Å². The Morgan fingerprint density at radius 1 is 0.167 bits per heavy atom. The molecule has 0 aromatic carbocycles. The van der Waals surface area contributed by atoms with Gasteiger partial charge in [-0.05, 0) is 83.1 Å². The van der Waals surface area contributed by atoms with E-state index in [1.165, 1.54) is 0 Å². The summed E-state index contributed by atoms with van der Waals surface area (Å²) in [5.41, 5.74) is -4.87. The fourth-order valence-electron chi connectivity index (χ4n) is 10.6. The van der Waals surface area contributed by atoms with Crippen LogP contribution < -0.4 is 0 Å². The van der Waals surface area contributed by atoms with E-state index in [-0.39, 0.29) is 0 Å². The number of hydrogen-bond donors (Lipinski definition) is 0. The molecular weight excluding hydrogens is 1130 g/mol. The lowest BCUT2D eigenvalue weighted by molar-refractivity contribution is 0.661. The molecule has 12 nitrogen and oxygen atoms in total. The highest BCUT2D eigenvalue weighted by Gasteiger charge is 2.57. The SMILES string of the molecule is C[C@@]12CSC(=N1)[C@]1(C)CSC(=N1)[C@]1(C)CSC(=N1)[C@]1(C)CSC(=N1)[C@]1(C)CSC(=N1)[C@]1(C)CSC(=N1)[C@]1(C)CSC(=N1)[C@]1(C)CSC(=N1)[C@]1(C)CSC(=N1)[C@]1(C)CSC(=N1)[C@]1(C)CSC(=N1)[C@]1(C)CSC2=N1. The van der Waals surface area contributed by atoms with Crippen molar-refractivity contribution in [3.63, 3.8) is 0 Å². The van der Waals surface area contributed by atoms with Gasteiger partial charge in [0.15, 0.2) is 0 Å². The second-order valence-electron chi connectivity index (χ2n) is 23.8. The van der Waals surface area contributed by atoms with Gasteiger partial charge in [-0.2, -0.15) is 0 Å². The molecular formula is C48H60N12S12. The van der Waals surface area contributed by atoms with E-state index in [1.54, 1.807) is 0 Å². The van der Waals surface area contributed by atoms with Crippen LogP contribution in [0.25, 0.3) is 0 Å². The molecule has 13 aliphatic heterocycles. The lowest BCUT2D eigenvalue weighted by Gasteiger charge is -2.23. The van der Waals surface area contributed by atoms with E-state index in [0.717, 1.165) is 130 Å². The number of thioether (sulfide) groups is 12. The minimum atomic E-state index is -0.406. The number of rotatable bonds is 0. The van der Waals surface area contributed by atoms with Crippen LogP contribution in [0.1, 0.15) is 83.1 Å². The average molecular weight is 1190 g/mol. The molecule has 13 aliphatic rings. The predicted molar refractivity (Wildman–Crippen MR) is 340 cm³/mol. The average Bonchev–Trinajstić information content (AvgIpc) is 4.14. The lowest BCUT2D eigenvalue weighted by Crippen LogP contribution is -2.35. The Kier molecular flexibility index (Phi) is 12.1. The van der Waals surface area contributed by atoms with Crippen LogP contribution in [0, 0.1) is 0 Å². The number of hydrogen-bond acceptors (Lipinski definition) is 24. The maximum Gasteiger partial charge on any atom is 0.116 e. The van der Waals surface area contributed by atoms with Crippen molar-refractivity contribution in [1.82, 2.24) is 0 Å². The van der Waals surface area contributed by atoms with Gasteiger partial charge >= 0.3 is 0 Å². The highest BCUT2D eigenvalue weighted by atomic mass is 32.2. The molecule has 0 radical (unpaired) electrons. The largest absolute Gasteiger partial charge is 0.266 e. The van der Waals surface area contributed by atoms with Crippen molar-refractivity contribution in [3.8, 4) is 0 Å². The maximum absolute atomic E-state index is 5.55. The van der Waals surface area contributed by atoms with E-state index in [2.05, 4.69) is 83.1 Å². The standard InChI is InChI=1S/C48H60N12S12/c1-37-13-61-26(49-37)38(2)15-63-28(51-38)40(4)17-65-30(53-40)42(6)19-67-32(55-42)44(8)21-69-34(57-44)46(10)23-71-36(59-46)48(12)24-72-35(60-48)47(11)22-70-33(58-47)45(9)20-68-31(56-45)43(7)18-66-29(54-43)41(5)16-64-27(52-41)39(3)14-62-25(37)50-39/h13-24H2,1-12H3/t37-,38-,39-,40-,41-,42-,43-,44-,45-,46-,47-,48-/m0/s1. The Balaban J connectivity index is 0.856. The van der Waals surface area contributed by atoms with Gasteiger partial charge in [0.2, 0.25) is 0 Å². The predicted octanol–water partition coefficient (Wildman–Crippen LogP) is 10.8. The van der Waals surface area contributed by atoms with Crippen molar-refractivity contribution >= 4 is 202 Å². The van der Waals surface area contributed by atoms with E-state index >= 15 is 0 Å². The summed E-state index contributed by atoms with van der Waals surface area (Å²) >= 11 is 22.3. The van der Waals surface area contributed by atoms with Crippen LogP contribution in [0.15, 0.2) is 59.9 Å². The Bertz CT molecular complexity index is 2240. The van der Waals surface area contributed by atoms with Crippen LogP contribution in [0.5, 0.6) is 0 Å². The van der Waals surface area contributed by atoms with E-state index < -0.39 is 66.5 Å². The van der Waals surface area contributed by atoms with Gasteiger partial charge in [0.25, 0.3) is 0 Å². The van der Waals surface area contributed by atoms with Crippen molar-refractivity contribution in [1.29, 1.82) is 0 Å². The number of fused-ring (bicyclic) bond motifs is 24. The first-order chi connectivity index (χ1) is 33.7. The normalized spacial score (nSPS) is 49.2. The molecule has 0 spiro atoms. The van der Waals surface area contributed by atoms with Crippen molar-refractivity contribution in [2.45, 2.75) is 150 Å². The molecule has 0 fully saturated rings. The molecule has 24 bridgehead atoms. The molecule has 0 N–H and O–H groups in total. The summed E-state index contributed by atoms with van der Waals surface area (Å²) in [6, 6.07) is 0. The molecule has 13 heterocycles. The minimum absolute atomic E-state index is 0.406. The van der Waals surface area contributed by atoms with Gasteiger partial charge in [-0.1, -0.05) is 0 Å². The summed E-state index contributed by atoms with van der Waals surface area (Å²) in [5.74, 6) is 10.3. The molecule has 72 heavy (non-hydrogen) atoms. The van der Waals surface area contributed by atoms with Crippen LogP contribution in [0.4, 0.5) is 0 Å². The molecule has 0 unspecified atom stereocenters. The highest BCUT2D eigenvalue weighted by molar-refractivity contribution is 8.20. The Labute approximate surface area is 475 Å². The molecule has 12 atom stereocenters. The second kappa shape index (κ2) is 16.9. The van der Waals surface area contributed by atoms with Crippen LogP contribution in [0.2, 0.25) is 0 Å². The van der Waals surface area contributed by atoms with Gasteiger partial charge in [0.1, 0.15) is 66.5 Å². The maximum atomic E-state index is 5.55. The first-order valence-corrected chi connectivity index (χ1v) is 36.3. The fourth-order valence-corrected chi connectivity index (χ4v) is 27.5. The highest BCUT2D eigenvalue weighted by Crippen LogP contribution is 2.53. The van der Waals surface area contributed by atoms with Crippen LogP contribution in [0.3, 0.4) is 0 Å². The van der Waals surface area contributed by atoms with Gasteiger partial charge in [-0.15, -0.1) is 141 Å². The number of nitrogens with zero attached hydrogens (tertiary/aromatic N) is 12. The topological polar surface area (TPSA) is 148 Å². The van der Waals surface area contributed by atoms with Crippen LogP contribution >= 0.6 is 141 Å². The van der Waals surface area contributed by atoms with E-state index in [0.29, 0.717) is 0 Å². The fraction of sp³-hybridized carbons (Fsp3) is 0.750. The molecule has 13 rings (SSSR count). The third-order valence-electron chi connectivity index (χ3n) is 15.6. The zero-order chi connectivity index (χ0) is 50.4. The first-order valence-electron chi connectivity index (χ1n) is 24.5. The van der Waals surface area contributed by atoms with E-state index in [1.807, 2.05) is 141 Å². The summed E-state index contributed by atoms with van der Waals surface area (Å²) in [4.78, 5) is 66.6. The van der Waals surface area contributed by atoms with Crippen molar-refractivity contribution in [2.24, 2.45) is 59.9 Å². The zero-order valence-electron chi connectivity index (χ0n) is 42.8. The number of aliphatic imine (C=N–C) groups is 12. The summed E-state index contributed by atoms with van der Waals surface area (Å²) in [6.45, 7) is 27.3. The van der Waals surface area contributed by atoms with Gasteiger partial charge in [0.05, 0.1) is 60.5 Å². The van der Waals surface area contributed by atoms with Crippen LogP contribution in [-0.4, -0.2) is 196 Å². The summed E-state index contributed by atoms with van der Waals surface area (Å²) in [7, 11) is 0. The summed E-state index contributed by atoms with van der Waals surface area (Å²) in [6.07, 6.45) is 0. The van der Waals surface area contributed by atoms with Crippen molar-refractivity contribution in [3.05, 3.63) is 0 Å². The summed E-state index contributed by atoms with van der Waals surface area (Å²) < 4.78 is 0. The quantitative estimate of drug-likeness (QED) is 0.213. The van der Waals surface area contributed by atoms with Crippen molar-refractivity contribution < 1.29 is 0 Å². The molecule has 24 heteroatoms. The third kappa shape index (κ3) is 8.07.